The van der Waals surface area contributed by atoms with Gasteiger partial charge in [0.25, 0.3) is 5.91 Å². The average Bonchev–Trinajstić information content (AvgIpc) is 3.32. The van der Waals surface area contributed by atoms with E-state index in [0.29, 0.717) is 11.6 Å². The van der Waals surface area contributed by atoms with Crippen molar-refractivity contribution < 1.29 is 26.3 Å². The van der Waals surface area contributed by atoms with Crippen LogP contribution in [0.1, 0.15) is 64.2 Å². The number of quaternary nitrogens is 1. The van der Waals surface area contributed by atoms with Crippen LogP contribution in [0.5, 0.6) is 0 Å². The lowest BCUT2D eigenvalue weighted by Gasteiger charge is -2.37. The van der Waals surface area contributed by atoms with E-state index >= 15 is 0 Å². The molecule has 0 saturated carbocycles. The molecule has 0 atom stereocenters. The van der Waals surface area contributed by atoms with Crippen molar-refractivity contribution >= 4 is 49.7 Å². The maximum absolute atomic E-state index is 14.2. The van der Waals surface area contributed by atoms with Crippen molar-refractivity contribution in [3.05, 3.63) is 117 Å². The zero-order valence-electron chi connectivity index (χ0n) is 26.6. The van der Waals surface area contributed by atoms with Gasteiger partial charge in [0, 0.05) is 28.4 Å². The molecule has 6 heteroatoms. The molecule has 4 aromatic carbocycles. The predicted molar refractivity (Wildman–Crippen MR) is 185 cm³/mol. The monoisotopic (exact) mass is 690 g/mol. The smallest absolute Gasteiger partial charge is 0.264 e. The molecule has 0 N–H and O–H groups in total. The van der Waals surface area contributed by atoms with Crippen LogP contribution in [0.15, 0.2) is 78.9 Å². The number of carbonyl (C=O) groups excluding carboxylic acids is 1. The number of halogens is 2. The Morgan fingerprint density at radius 1 is 0.818 bits per heavy atom. The molecule has 232 valence electrons. The number of hydrogen-bond donors (Lipinski definition) is 0. The van der Waals surface area contributed by atoms with Crippen molar-refractivity contribution in [1.82, 2.24) is 4.90 Å². The molecule has 0 aliphatic carbocycles. The van der Waals surface area contributed by atoms with Crippen LogP contribution in [-0.4, -0.2) is 41.5 Å². The largest absolute Gasteiger partial charge is 1.00 e. The molecular weight excluding hydrogens is 648 g/mol. The second kappa shape index (κ2) is 15.1. The minimum atomic E-state index is 0. The van der Waals surface area contributed by atoms with Crippen LogP contribution >= 0.6 is 22.9 Å². The predicted octanol–water partition coefficient (Wildman–Crippen LogP) is 7.12. The summed E-state index contributed by atoms with van der Waals surface area (Å²) in [7, 11) is 0. The summed E-state index contributed by atoms with van der Waals surface area (Å²) in [5.74, 6) is 0.116. The van der Waals surface area contributed by atoms with Gasteiger partial charge in [0.2, 0.25) is 0 Å². The van der Waals surface area contributed by atoms with Crippen molar-refractivity contribution in [1.29, 1.82) is 0 Å². The summed E-state index contributed by atoms with van der Waals surface area (Å²) in [5.41, 5.74) is 6.28. The minimum Gasteiger partial charge on any atom is -1.00 e. The van der Waals surface area contributed by atoms with E-state index in [2.05, 4.69) is 100 Å². The summed E-state index contributed by atoms with van der Waals surface area (Å²) in [6, 6.07) is 27.9. The van der Waals surface area contributed by atoms with E-state index in [9.17, 15) is 4.79 Å². The zero-order valence-corrected chi connectivity index (χ0v) is 29.8. The van der Waals surface area contributed by atoms with Gasteiger partial charge in [-0.25, -0.2) is 0 Å². The van der Waals surface area contributed by atoms with Crippen molar-refractivity contribution in [3.63, 3.8) is 0 Å². The van der Waals surface area contributed by atoms with Crippen LogP contribution < -0.4 is 17.0 Å². The molecule has 0 spiro atoms. The summed E-state index contributed by atoms with van der Waals surface area (Å²) >= 11 is 7.90. The van der Waals surface area contributed by atoms with E-state index in [-0.39, 0.29) is 22.9 Å². The second-order valence-electron chi connectivity index (χ2n) is 12.2. The molecule has 0 aliphatic heterocycles. The molecule has 0 fully saturated rings. The first-order chi connectivity index (χ1) is 20.7. The van der Waals surface area contributed by atoms with E-state index in [1.807, 2.05) is 18.2 Å². The Morgan fingerprint density at radius 3 is 2.23 bits per heavy atom. The molecule has 0 unspecified atom stereocenters. The van der Waals surface area contributed by atoms with Crippen molar-refractivity contribution in [2.75, 3.05) is 26.2 Å². The van der Waals surface area contributed by atoms with Gasteiger partial charge in [-0.2, -0.15) is 0 Å². The lowest BCUT2D eigenvalue weighted by molar-refractivity contribution is -0.938. The van der Waals surface area contributed by atoms with Crippen molar-refractivity contribution in [2.24, 2.45) is 0 Å². The first kappa shape index (κ1) is 34.2. The molecule has 0 aliphatic rings. The lowest BCUT2D eigenvalue weighted by atomic mass is 10.1. The Morgan fingerprint density at radius 2 is 1.52 bits per heavy atom. The number of hydrogen-bond acceptors (Lipinski definition) is 2. The number of carbonyl (C=O) groups is 1. The summed E-state index contributed by atoms with van der Waals surface area (Å²) < 4.78 is 2.17. The average molecular weight is 692 g/mol. The molecule has 44 heavy (non-hydrogen) atoms. The number of thiophene rings is 1. The first-order valence-electron chi connectivity index (χ1n) is 15.6. The highest BCUT2D eigenvalue weighted by Crippen LogP contribution is 2.34. The van der Waals surface area contributed by atoms with Gasteiger partial charge in [0.15, 0.2) is 0 Å². The second-order valence-corrected chi connectivity index (χ2v) is 13.7. The van der Waals surface area contributed by atoms with Crippen molar-refractivity contribution in [2.45, 2.75) is 60.5 Å². The van der Waals surface area contributed by atoms with Crippen LogP contribution in [0, 0.1) is 20.8 Å². The fraction of sp³-hybridized carbons (Fsp3) is 0.342. The van der Waals surface area contributed by atoms with E-state index < -0.39 is 0 Å². The first-order valence-corrected chi connectivity index (χ1v) is 16.8. The van der Waals surface area contributed by atoms with Crippen LogP contribution in [0.4, 0.5) is 0 Å². The van der Waals surface area contributed by atoms with Crippen LogP contribution in [0.3, 0.4) is 0 Å². The molecule has 0 radical (unpaired) electrons. The van der Waals surface area contributed by atoms with Crippen LogP contribution in [-0.2, 0) is 13.1 Å². The molecule has 5 aromatic rings. The third-order valence-corrected chi connectivity index (χ3v) is 10.5. The van der Waals surface area contributed by atoms with Gasteiger partial charge in [0.05, 0.1) is 24.5 Å². The number of rotatable bonds is 12. The fourth-order valence-electron chi connectivity index (χ4n) is 6.49. The quantitative estimate of drug-likeness (QED) is 0.101. The Hall–Kier alpha value is -2.70. The third kappa shape index (κ3) is 7.92. The van der Waals surface area contributed by atoms with Gasteiger partial charge in [0.1, 0.15) is 6.54 Å². The molecule has 1 heterocycles. The zero-order chi connectivity index (χ0) is 30.6. The van der Waals surface area contributed by atoms with Gasteiger partial charge in [-0.05, 0) is 99.0 Å². The highest BCUT2D eigenvalue weighted by molar-refractivity contribution is 7.21. The SMILES string of the molecule is CC[N+](CC)(CCCCN(Cc1ccc2ccccc2c1)C(=O)c1sc2ccc(Cl)cc2c1C)Cc1cc(C)cc(C)c1.[Br-]. The van der Waals surface area contributed by atoms with Crippen LogP contribution in [0.25, 0.3) is 20.9 Å². The molecule has 0 saturated heterocycles. The van der Waals surface area contributed by atoms with Gasteiger partial charge >= 0.3 is 0 Å². The van der Waals surface area contributed by atoms with E-state index in [1.165, 1.54) is 27.5 Å². The highest BCUT2D eigenvalue weighted by Gasteiger charge is 2.25. The fourth-order valence-corrected chi connectivity index (χ4v) is 7.82. The maximum Gasteiger partial charge on any atom is 0.264 e. The van der Waals surface area contributed by atoms with Gasteiger partial charge in [-0.15, -0.1) is 11.3 Å². The Kier molecular flexibility index (Phi) is 11.7. The van der Waals surface area contributed by atoms with Gasteiger partial charge < -0.3 is 26.4 Å². The number of benzene rings is 4. The van der Waals surface area contributed by atoms with E-state index in [0.717, 1.165) is 76.1 Å². The normalized spacial score (nSPS) is 11.6. The molecule has 1 amide bonds. The van der Waals surface area contributed by atoms with Gasteiger partial charge in [-0.3, -0.25) is 4.79 Å². The minimum absolute atomic E-state index is 0. The lowest BCUT2D eigenvalue weighted by Crippen LogP contribution is -3.00. The molecule has 5 rings (SSSR count). The van der Waals surface area contributed by atoms with E-state index in [4.69, 9.17) is 11.6 Å². The number of aryl methyl sites for hydroxylation is 3. The summed E-state index contributed by atoms with van der Waals surface area (Å²) in [5, 5.41) is 4.21. The van der Waals surface area contributed by atoms with Gasteiger partial charge in [-0.1, -0.05) is 77.3 Å². The molecule has 3 nitrogen and oxygen atoms in total. The van der Waals surface area contributed by atoms with Crippen molar-refractivity contribution in [3.8, 4) is 0 Å². The molecule has 0 bridgehead atoms. The Labute approximate surface area is 282 Å². The molecular formula is C38H44BrClN2OS. The summed E-state index contributed by atoms with van der Waals surface area (Å²) in [4.78, 5) is 17.1. The summed E-state index contributed by atoms with van der Waals surface area (Å²) in [6.45, 7) is 16.8. The third-order valence-electron chi connectivity index (χ3n) is 9.02. The summed E-state index contributed by atoms with van der Waals surface area (Å²) in [6.07, 6.45) is 2.05. The number of unbranched alkanes of at least 4 members (excludes halogenated alkanes) is 1. The topological polar surface area (TPSA) is 20.3 Å². The number of nitrogens with zero attached hydrogens (tertiary/aromatic N) is 2. The maximum atomic E-state index is 14.2. The number of fused-ring (bicyclic) bond motifs is 2. The molecule has 1 aromatic heterocycles. The van der Waals surface area contributed by atoms with Crippen LogP contribution in [0.2, 0.25) is 5.02 Å². The Bertz CT molecular complexity index is 1720. The highest BCUT2D eigenvalue weighted by atomic mass is 79.9. The van der Waals surface area contributed by atoms with E-state index in [1.54, 1.807) is 11.3 Å². The Balaban J connectivity index is 0.00000442. The number of amides is 1. The standard InChI is InChI=1S/C38H44ClN2OS.BrH/c1-6-41(7-2,26-31-21-27(3)20-28(4)22-31)19-11-10-18-40(25-30-14-15-32-12-8-9-13-33(32)23-30)38(42)37-29(5)35-24-34(39)16-17-36(35)43-37;/h8-9,12-17,20-24H,6-7,10-11,18-19,25-26H2,1-5H3;1H/q+1;/p-1.